The molecule has 0 aromatic heterocycles. The van der Waals surface area contributed by atoms with Crippen molar-refractivity contribution in [3.8, 4) is 5.75 Å². The molecule has 1 rings (SSSR count). The Morgan fingerprint density at radius 2 is 1.81 bits per heavy atom. The van der Waals surface area contributed by atoms with Crippen LogP contribution in [0.3, 0.4) is 0 Å². The smallest absolute Gasteiger partial charge is 0.501 e. The van der Waals surface area contributed by atoms with Crippen LogP contribution in [-0.2, 0) is 14.6 Å². The van der Waals surface area contributed by atoms with Gasteiger partial charge < -0.3 is 10.4 Å². The van der Waals surface area contributed by atoms with Gasteiger partial charge in [-0.15, -0.1) is 0 Å². The second-order valence-electron chi connectivity index (χ2n) is 4.55. The molecule has 0 aliphatic rings. The van der Waals surface area contributed by atoms with Crippen LogP contribution in [-0.4, -0.2) is 29.3 Å². The highest BCUT2D eigenvalue weighted by atomic mass is 79.9. The fourth-order valence-electron chi connectivity index (χ4n) is 1.19. The highest BCUT2D eigenvalue weighted by Gasteiger charge is 2.47. The van der Waals surface area contributed by atoms with E-state index in [-0.39, 0.29) is 0 Å². The molecule has 0 radical (unpaired) electrons. The minimum atomic E-state index is -5.56. The molecule has 1 aromatic rings. The summed E-state index contributed by atoms with van der Waals surface area (Å²) in [5.41, 5.74) is -5.90. The number of benzene rings is 1. The van der Waals surface area contributed by atoms with Crippen LogP contribution in [0.2, 0.25) is 0 Å². The number of rotatable bonds is 3. The van der Waals surface area contributed by atoms with Crippen LogP contribution in [0.1, 0.15) is 13.8 Å². The summed E-state index contributed by atoms with van der Waals surface area (Å²) in [6.07, 6.45) is 0. The van der Waals surface area contributed by atoms with Crippen molar-refractivity contribution >= 4 is 37.4 Å². The monoisotopic (exact) mass is 389 g/mol. The molecule has 5 nitrogen and oxygen atoms in total. The fraction of sp³-hybridized carbons (Fsp3) is 0.364. The van der Waals surface area contributed by atoms with E-state index in [1.807, 2.05) is 0 Å². The first kappa shape index (κ1) is 17.8. The Kier molecular flexibility index (Phi) is 4.64. The third-order valence-corrected chi connectivity index (χ3v) is 4.22. The lowest BCUT2D eigenvalue weighted by atomic mass is 10.2. The van der Waals surface area contributed by atoms with E-state index in [2.05, 4.69) is 21.2 Å². The van der Waals surface area contributed by atoms with Gasteiger partial charge in [-0.05, 0) is 32.0 Å². The van der Waals surface area contributed by atoms with E-state index in [0.717, 1.165) is 6.07 Å². The van der Waals surface area contributed by atoms with Crippen molar-refractivity contribution in [3.63, 3.8) is 0 Å². The highest BCUT2D eigenvalue weighted by molar-refractivity contribution is 9.10. The Labute approximate surface area is 127 Å². The molecule has 0 aliphatic heterocycles. The Bertz CT molecular complexity index is 665. The number of carbonyl (C=O) groups is 1. The number of sulfone groups is 1. The molecule has 118 valence electrons. The van der Waals surface area contributed by atoms with Gasteiger partial charge in [-0.3, -0.25) is 4.79 Å². The molecule has 1 aromatic carbocycles. The van der Waals surface area contributed by atoms with Gasteiger partial charge in [0.15, 0.2) is 0 Å². The molecule has 0 aliphatic carbocycles. The van der Waals surface area contributed by atoms with Gasteiger partial charge in [-0.1, -0.05) is 15.9 Å². The Morgan fingerprint density at radius 1 is 1.29 bits per heavy atom. The van der Waals surface area contributed by atoms with Gasteiger partial charge in [0.25, 0.3) is 9.84 Å². The number of halogens is 4. The summed E-state index contributed by atoms with van der Waals surface area (Å²) in [4.78, 5) is 10.6. The molecule has 0 spiro atoms. The number of alkyl halides is 4. The van der Waals surface area contributed by atoms with E-state index >= 15 is 0 Å². The van der Waals surface area contributed by atoms with Crippen molar-refractivity contribution in [2.24, 2.45) is 0 Å². The SMILES string of the molecule is CC(C)(Br)C(=O)Nc1cc(S(=O)(=O)C(F)(F)F)ccc1O. The van der Waals surface area contributed by atoms with E-state index in [0.29, 0.717) is 12.1 Å². The van der Waals surface area contributed by atoms with Crippen LogP contribution in [0, 0.1) is 0 Å². The van der Waals surface area contributed by atoms with Crippen molar-refractivity contribution in [2.75, 3.05) is 5.32 Å². The van der Waals surface area contributed by atoms with Gasteiger partial charge in [-0.2, -0.15) is 13.2 Å². The van der Waals surface area contributed by atoms with Crippen molar-refractivity contribution in [3.05, 3.63) is 18.2 Å². The first-order valence-corrected chi connectivity index (χ1v) is 7.69. The first-order chi connectivity index (χ1) is 9.26. The van der Waals surface area contributed by atoms with Crippen LogP contribution in [0.15, 0.2) is 23.1 Å². The normalized spacial score (nSPS) is 13.0. The molecule has 0 saturated heterocycles. The summed E-state index contributed by atoms with van der Waals surface area (Å²) in [6, 6.07) is 1.91. The van der Waals surface area contributed by atoms with Gasteiger partial charge in [0.05, 0.1) is 14.9 Å². The zero-order chi connectivity index (χ0) is 16.6. The number of hydrogen-bond acceptors (Lipinski definition) is 4. The second-order valence-corrected chi connectivity index (χ2v) is 8.48. The maximum Gasteiger partial charge on any atom is 0.501 e. The lowest BCUT2D eigenvalue weighted by Crippen LogP contribution is -2.31. The molecule has 10 heteroatoms. The number of nitrogens with one attached hydrogen (secondary N) is 1. The lowest BCUT2D eigenvalue weighted by Gasteiger charge is -2.17. The number of anilines is 1. The van der Waals surface area contributed by atoms with Crippen LogP contribution >= 0.6 is 15.9 Å². The first-order valence-electron chi connectivity index (χ1n) is 5.41. The van der Waals surface area contributed by atoms with Crippen LogP contribution < -0.4 is 5.32 Å². The largest absolute Gasteiger partial charge is 0.506 e. The van der Waals surface area contributed by atoms with E-state index in [1.165, 1.54) is 13.8 Å². The van der Waals surface area contributed by atoms with Crippen molar-refractivity contribution < 1.29 is 31.5 Å². The van der Waals surface area contributed by atoms with E-state index in [4.69, 9.17) is 0 Å². The zero-order valence-corrected chi connectivity index (χ0v) is 13.2. The summed E-state index contributed by atoms with van der Waals surface area (Å²) in [5, 5.41) is 11.7. The minimum absolute atomic E-state index is 0.433. The van der Waals surface area contributed by atoms with Gasteiger partial charge in [0, 0.05) is 0 Å². The molecule has 0 bridgehead atoms. The molecule has 1 amide bonds. The Balaban J connectivity index is 3.28. The molecule has 2 N–H and O–H groups in total. The molecule has 0 heterocycles. The maximum absolute atomic E-state index is 12.5. The van der Waals surface area contributed by atoms with Gasteiger partial charge in [0.2, 0.25) is 5.91 Å². The standard InChI is InChI=1S/C11H11BrF3NO4S/c1-10(2,12)9(18)16-7-5-6(3-4-8(7)17)21(19,20)11(13,14)15/h3-5,17H,1-2H3,(H,16,18). The minimum Gasteiger partial charge on any atom is -0.506 e. The van der Waals surface area contributed by atoms with Crippen LogP contribution in [0.25, 0.3) is 0 Å². The van der Waals surface area contributed by atoms with Crippen molar-refractivity contribution in [1.82, 2.24) is 0 Å². The number of phenolic OH excluding ortho intramolecular Hbond substituents is 1. The predicted molar refractivity (Wildman–Crippen MR) is 73.0 cm³/mol. The number of phenols is 1. The summed E-state index contributed by atoms with van der Waals surface area (Å²) in [7, 11) is -5.56. The third kappa shape index (κ3) is 3.88. The van der Waals surface area contributed by atoms with Crippen LogP contribution in [0.5, 0.6) is 5.75 Å². The average molecular weight is 390 g/mol. The van der Waals surface area contributed by atoms with E-state index in [9.17, 15) is 31.5 Å². The third-order valence-electron chi connectivity index (χ3n) is 2.37. The zero-order valence-electron chi connectivity index (χ0n) is 10.8. The molecule has 0 atom stereocenters. The highest BCUT2D eigenvalue weighted by Crippen LogP contribution is 2.34. The Morgan fingerprint density at radius 3 is 2.24 bits per heavy atom. The quantitative estimate of drug-likeness (QED) is 0.614. The Hall–Kier alpha value is -1.29. The average Bonchev–Trinajstić information content (AvgIpc) is 2.28. The molecular weight excluding hydrogens is 379 g/mol. The van der Waals surface area contributed by atoms with Crippen LogP contribution in [0.4, 0.5) is 18.9 Å². The summed E-state index contributed by atoms with van der Waals surface area (Å²) in [5.74, 6) is -1.22. The number of amides is 1. The lowest BCUT2D eigenvalue weighted by molar-refractivity contribution is -0.117. The van der Waals surface area contributed by atoms with E-state index < -0.39 is 41.9 Å². The molecule has 0 saturated carbocycles. The van der Waals surface area contributed by atoms with Gasteiger partial charge in [-0.25, -0.2) is 8.42 Å². The summed E-state index contributed by atoms with van der Waals surface area (Å²) in [6.45, 7) is 2.94. The molecule has 21 heavy (non-hydrogen) atoms. The predicted octanol–water partition coefficient (Wildman–Crippen LogP) is 2.80. The number of hydrogen-bond donors (Lipinski definition) is 2. The molecule has 0 fully saturated rings. The van der Waals surface area contributed by atoms with Gasteiger partial charge >= 0.3 is 5.51 Å². The fourth-order valence-corrected chi connectivity index (χ4v) is 2.07. The topological polar surface area (TPSA) is 83.5 Å². The second kappa shape index (κ2) is 5.48. The summed E-state index contributed by atoms with van der Waals surface area (Å²) < 4.78 is 58.9. The maximum atomic E-state index is 12.5. The van der Waals surface area contributed by atoms with E-state index in [1.54, 1.807) is 0 Å². The number of aromatic hydroxyl groups is 1. The molecular formula is C11H11BrF3NO4S. The van der Waals surface area contributed by atoms with Gasteiger partial charge in [0.1, 0.15) is 5.75 Å². The van der Waals surface area contributed by atoms with Crippen molar-refractivity contribution in [1.29, 1.82) is 0 Å². The summed E-state index contributed by atoms with van der Waals surface area (Å²) >= 11 is 3.02. The number of carbonyl (C=O) groups excluding carboxylic acids is 1. The van der Waals surface area contributed by atoms with Crippen molar-refractivity contribution in [2.45, 2.75) is 28.6 Å². The molecule has 0 unspecified atom stereocenters.